The lowest BCUT2D eigenvalue weighted by molar-refractivity contribution is 0.0853. The highest BCUT2D eigenvalue weighted by Gasteiger charge is 2.15. The first-order chi connectivity index (χ1) is 6.90. The molecular formula is C12H15NO. The van der Waals surface area contributed by atoms with Crippen LogP contribution in [0.25, 0.3) is 6.08 Å². The van der Waals surface area contributed by atoms with Gasteiger partial charge in [-0.05, 0) is 36.5 Å². The molecule has 1 aromatic heterocycles. The highest BCUT2D eigenvalue weighted by molar-refractivity contribution is 5.41. The van der Waals surface area contributed by atoms with E-state index in [0.29, 0.717) is 5.92 Å². The number of rotatable bonds is 2. The van der Waals surface area contributed by atoms with Gasteiger partial charge in [0.15, 0.2) is 0 Å². The van der Waals surface area contributed by atoms with Crippen molar-refractivity contribution in [1.82, 2.24) is 4.98 Å². The Labute approximate surface area is 84.6 Å². The van der Waals surface area contributed by atoms with Crippen LogP contribution in [0, 0.1) is 0 Å². The summed E-state index contributed by atoms with van der Waals surface area (Å²) in [7, 11) is 0. The van der Waals surface area contributed by atoms with Gasteiger partial charge < -0.3 is 4.74 Å². The normalized spacial score (nSPS) is 18.0. The van der Waals surface area contributed by atoms with Crippen LogP contribution in [-0.2, 0) is 4.74 Å². The fraction of sp³-hybridized carbons (Fsp3) is 0.417. The summed E-state index contributed by atoms with van der Waals surface area (Å²) in [5, 5.41) is 0. The minimum Gasteiger partial charge on any atom is -0.381 e. The van der Waals surface area contributed by atoms with E-state index in [1.54, 1.807) is 6.08 Å². The highest BCUT2D eigenvalue weighted by atomic mass is 16.5. The molecule has 0 aromatic carbocycles. The molecule has 0 spiro atoms. The quantitative estimate of drug-likeness (QED) is 0.713. The van der Waals surface area contributed by atoms with E-state index < -0.39 is 0 Å². The molecule has 0 aliphatic carbocycles. The Kier molecular flexibility index (Phi) is 2.94. The van der Waals surface area contributed by atoms with Gasteiger partial charge in [-0.2, -0.15) is 0 Å². The molecule has 1 fully saturated rings. The smallest absolute Gasteiger partial charge is 0.0623 e. The Hall–Kier alpha value is -1.15. The molecule has 0 radical (unpaired) electrons. The van der Waals surface area contributed by atoms with E-state index in [4.69, 9.17) is 4.74 Å². The van der Waals surface area contributed by atoms with Crippen LogP contribution in [0.5, 0.6) is 0 Å². The van der Waals surface area contributed by atoms with Crippen molar-refractivity contribution < 1.29 is 4.74 Å². The predicted molar refractivity (Wildman–Crippen MR) is 57.1 cm³/mol. The molecule has 2 rings (SSSR count). The van der Waals surface area contributed by atoms with E-state index in [1.807, 2.05) is 12.3 Å². The topological polar surface area (TPSA) is 22.1 Å². The summed E-state index contributed by atoms with van der Waals surface area (Å²) in [4.78, 5) is 4.31. The van der Waals surface area contributed by atoms with Crippen molar-refractivity contribution >= 4 is 6.08 Å². The standard InChI is InChI=1S/C12H15NO/c1-2-12-4-3-11(9-13-12)10-5-7-14-8-6-10/h2-4,9-10H,1,5-8H2. The van der Waals surface area contributed by atoms with Gasteiger partial charge in [-0.1, -0.05) is 12.6 Å². The third kappa shape index (κ3) is 2.02. The third-order valence-corrected chi connectivity index (χ3v) is 2.71. The van der Waals surface area contributed by atoms with E-state index in [0.717, 1.165) is 31.7 Å². The molecule has 1 saturated heterocycles. The molecule has 0 amide bonds. The summed E-state index contributed by atoms with van der Waals surface area (Å²) < 4.78 is 5.33. The second kappa shape index (κ2) is 4.38. The molecule has 1 aliphatic rings. The van der Waals surface area contributed by atoms with E-state index in [-0.39, 0.29) is 0 Å². The Morgan fingerprint density at radius 1 is 1.36 bits per heavy atom. The maximum absolute atomic E-state index is 5.33. The number of hydrogen-bond donors (Lipinski definition) is 0. The first-order valence-corrected chi connectivity index (χ1v) is 5.06. The summed E-state index contributed by atoms with van der Waals surface area (Å²) in [5.74, 6) is 0.634. The van der Waals surface area contributed by atoms with E-state index in [9.17, 15) is 0 Å². The van der Waals surface area contributed by atoms with Crippen molar-refractivity contribution in [1.29, 1.82) is 0 Å². The number of aromatic nitrogens is 1. The monoisotopic (exact) mass is 189 g/mol. The van der Waals surface area contributed by atoms with Crippen LogP contribution < -0.4 is 0 Å². The van der Waals surface area contributed by atoms with Gasteiger partial charge in [0, 0.05) is 19.4 Å². The number of hydrogen-bond acceptors (Lipinski definition) is 2. The molecule has 2 heteroatoms. The van der Waals surface area contributed by atoms with Gasteiger partial charge in [0.25, 0.3) is 0 Å². The average molecular weight is 189 g/mol. The van der Waals surface area contributed by atoms with Crippen LogP contribution in [0.3, 0.4) is 0 Å². The Morgan fingerprint density at radius 2 is 2.14 bits per heavy atom. The Bertz CT molecular complexity index is 299. The molecule has 2 heterocycles. The highest BCUT2D eigenvalue weighted by Crippen LogP contribution is 2.26. The molecule has 1 aromatic rings. The van der Waals surface area contributed by atoms with Crippen LogP contribution in [0.1, 0.15) is 30.0 Å². The minimum absolute atomic E-state index is 0.634. The molecule has 0 N–H and O–H groups in total. The van der Waals surface area contributed by atoms with Crippen molar-refractivity contribution in [3.05, 3.63) is 36.2 Å². The fourth-order valence-electron chi connectivity index (χ4n) is 1.81. The lowest BCUT2D eigenvalue weighted by atomic mass is 9.93. The lowest BCUT2D eigenvalue weighted by Crippen LogP contribution is -2.14. The molecule has 0 atom stereocenters. The average Bonchev–Trinajstić information content (AvgIpc) is 2.30. The van der Waals surface area contributed by atoms with Crippen LogP contribution in [0.2, 0.25) is 0 Å². The van der Waals surface area contributed by atoms with Gasteiger partial charge in [0.2, 0.25) is 0 Å². The molecule has 1 aliphatic heterocycles. The molecular weight excluding hydrogens is 174 g/mol. The van der Waals surface area contributed by atoms with Crippen LogP contribution in [0.4, 0.5) is 0 Å². The molecule has 0 bridgehead atoms. The lowest BCUT2D eigenvalue weighted by Gasteiger charge is -2.21. The zero-order valence-corrected chi connectivity index (χ0v) is 8.28. The number of nitrogens with zero attached hydrogens (tertiary/aromatic N) is 1. The van der Waals surface area contributed by atoms with Crippen molar-refractivity contribution in [2.24, 2.45) is 0 Å². The minimum atomic E-state index is 0.634. The second-order valence-corrected chi connectivity index (χ2v) is 3.61. The van der Waals surface area contributed by atoms with Crippen molar-refractivity contribution in [3.63, 3.8) is 0 Å². The van der Waals surface area contributed by atoms with Crippen LogP contribution in [0.15, 0.2) is 24.9 Å². The van der Waals surface area contributed by atoms with E-state index in [2.05, 4.69) is 17.6 Å². The molecule has 0 saturated carbocycles. The first-order valence-electron chi connectivity index (χ1n) is 5.06. The predicted octanol–water partition coefficient (Wildman–Crippen LogP) is 2.62. The largest absolute Gasteiger partial charge is 0.381 e. The molecule has 74 valence electrons. The van der Waals surface area contributed by atoms with Crippen LogP contribution in [-0.4, -0.2) is 18.2 Å². The van der Waals surface area contributed by atoms with E-state index in [1.165, 1.54) is 5.56 Å². The molecule has 0 unspecified atom stereocenters. The van der Waals surface area contributed by atoms with Crippen molar-refractivity contribution in [2.45, 2.75) is 18.8 Å². The summed E-state index contributed by atoms with van der Waals surface area (Å²) in [6.45, 7) is 5.46. The Morgan fingerprint density at radius 3 is 2.71 bits per heavy atom. The van der Waals surface area contributed by atoms with Crippen molar-refractivity contribution in [2.75, 3.05) is 13.2 Å². The van der Waals surface area contributed by atoms with Gasteiger partial charge in [-0.25, -0.2) is 0 Å². The maximum atomic E-state index is 5.33. The van der Waals surface area contributed by atoms with Gasteiger partial charge in [-0.3, -0.25) is 4.98 Å². The maximum Gasteiger partial charge on any atom is 0.0623 e. The first kappa shape index (κ1) is 9.41. The van der Waals surface area contributed by atoms with Gasteiger partial charge in [0.05, 0.1) is 5.69 Å². The second-order valence-electron chi connectivity index (χ2n) is 3.61. The summed E-state index contributed by atoms with van der Waals surface area (Å²) in [6, 6.07) is 4.18. The van der Waals surface area contributed by atoms with E-state index >= 15 is 0 Å². The molecule has 14 heavy (non-hydrogen) atoms. The summed E-state index contributed by atoms with van der Waals surface area (Å²) in [5.41, 5.74) is 2.28. The zero-order chi connectivity index (χ0) is 9.80. The summed E-state index contributed by atoms with van der Waals surface area (Å²) >= 11 is 0. The zero-order valence-electron chi connectivity index (χ0n) is 8.28. The third-order valence-electron chi connectivity index (χ3n) is 2.71. The number of ether oxygens (including phenoxy) is 1. The van der Waals surface area contributed by atoms with Gasteiger partial charge >= 0.3 is 0 Å². The molecule has 2 nitrogen and oxygen atoms in total. The fourth-order valence-corrected chi connectivity index (χ4v) is 1.81. The number of pyridine rings is 1. The SMILES string of the molecule is C=Cc1ccc(C2CCOCC2)cn1. The Balaban J connectivity index is 2.11. The summed E-state index contributed by atoms with van der Waals surface area (Å²) in [6.07, 6.45) is 5.98. The van der Waals surface area contributed by atoms with Gasteiger partial charge in [0.1, 0.15) is 0 Å². The van der Waals surface area contributed by atoms with Crippen molar-refractivity contribution in [3.8, 4) is 0 Å². The van der Waals surface area contributed by atoms with Gasteiger partial charge in [-0.15, -0.1) is 0 Å². The van der Waals surface area contributed by atoms with Crippen LogP contribution >= 0.6 is 0 Å².